The topological polar surface area (TPSA) is 30.5 Å². The standard InChI is InChI=1S/C14H19NO2/c1-16-13-4-2-3-11(7-13)14(9-17-10-14)8-15-12-5-6-12/h2-4,7,12,15H,5-6,8-10H2,1H3. The van der Waals surface area contributed by atoms with Crippen molar-refractivity contribution in [1.29, 1.82) is 0 Å². The fourth-order valence-electron chi connectivity index (χ4n) is 2.30. The van der Waals surface area contributed by atoms with E-state index in [0.717, 1.165) is 31.5 Å². The van der Waals surface area contributed by atoms with Crippen LogP contribution in [0.5, 0.6) is 5.75 Å². The Morgan fingerprint density at radius 1 is 1.41 bits per heavy atom. The van der Waals surface area contributed by atoms with E-state index in [1.54, 1.807) is 7.11 Å². The minimum Gasteiger partial charge on any atom is -0.497 e. The Kier molecular flexibility index (Phi) is 2.81. The number of methoxy groups -OCH3 is 1. The van der Waals surface area contributed by atoms with Gasteiger partial charge in [0.2, 0.25) is 0 Å². The first-order valence-electron chi connectivity index (χ1n) is 6.28. The molecule has 3 rings (SSSR count). The van der Waals surface area contributed by atoms with Gasteiger partial charge in [-0.05, 0) is 30.5 Å². The van der Waals surface area contributed by atoms with E-state index in [4.69, 9.17) is 9.47 Å². The number of hydrogen-bond donors (Lipinski definition) is 1. The third-order valence-electron chi connectivity index (χ3n) is 3.75. The van der Waals surface area contributed by atoms with Gasteiger partial charge in [0.25, 0.3) is 0 Å². The van der Waals surface area contributed by atoms with Gasteiger partial charge in [-0.1, -0.05) is 12.1 Å². The molecule has 0 spiro atoms. The van der Waals surface area contributed by atoms with Crippen LogP contribution in [0.3, 0.4) is 0 Å². The zero-order valence-electron chi connectivity index (χ0n) is 10.2. The van der Waals surface area contributed by atoms with E-state index >= 15 is 0 Å². The summed E-state index contributed by atoms with van der Waals surface area (Å²) in [5.74, 6) is 0.931. The van der Waals surface area contributed by atoms with E-state index in [1.165, 1.54) is 18.4 Å². The molecule has 1 aromatic rings. The van der Waals surface area contributed by atoms with Crippen molar-refractivity contribution in [3.05, 3.63) is 29.8 Å². The lowest BCUT2D eigenvalue weighted by molar-refractivity contribution is -0.0592. The highest BCUT2D eigenvalue weighted by Gasteiger charge is 2.41. The van der Waals surface area contributed by atoms with Gasteiger partial charge in [0.15, 0.2) is 0 Å². The maximum Gasteiger partial charge on any atom is 0.119 e. The summed E-state index contributed by atoms with van der Waals surface area (Å²) < 4.78 is 10.7. The summed E-state index contributed by atoms with van der Waals surface area (Å²) in [4.78, 5) is 0. The first-order chi connectivity index (χ1) is 8.32. The fourth-order valence-corrected chi connectivity index (χ4v) is 2.30. The van der Waals surface area contributed by atoms with Gasteiger partial charge in [-0.15, -0.1) is 0 Å². The Morgan fingerprint density at radius 3 is 2.82 bits per heavy atom. The molecule has 92 valence electrons. The first-order valence-corrected chi connectivity index (χ1v) is 6.28. The van der Waals surface area contributed by atoms with Crippen molar-refractivity contribution in [3.8, 4) is 5.75 Å². The quantitative estimate of drug-likeness (QED) is 0.840. The summed E-state index contributed by atoms with van der Waals surface area (Å²) in [6.07, 6.45) is 2.66. The number of nitrogens with one attached hydrogen (secondary N) is 1. The normalized spacial score (nSPS) is 21.9. The monoisotopic (exact) mass is 233 g/mol. The fraction of sp³-hybridized carbons (Fsp3) is 0.571. The Balaban J connectivity index is 1.77. The lowest BCUT2D eigenvalue weighted by Gasteiger charge is -2.42. The Morgan fingerprint density at radius 2 is 2.24 bits per heavy atom. The van der Waals surface area contributed by atoms with Crippen LogP contribution in [-0.2, 0) is 10.2 Å². The van der Waals surface area contributed by atoms with Gasteiger partial charge in [0, 0.05) is 12.6 Å². The Labute approximate surface area is 102 Å². The molecule has 0 aromatic heterocycles. The van der Waals surface area contributed by atoms with Gasteiger partial charge >= 0.3 is 0 Å². The largest absolute Gasteiger partial charge is 0.497 e. The summed E-state index contributed by atoms with van der Waals surface area (Å²) in [6, 6.07) is 9.12. The van der Waals surface area contributed by atoms with Crippen molar-refractivity contribution in [1.82, 2.24) is 5.32 Å². The molecule has 1 aromatic carbocycles. The summed E-state index contributed by atoms with van der Waals surface area (Å²) in [5.41, 5.74) is 1.49. The summed E-state index contributed by atoms with van der Waals surface area (Å²) in [7, 11) is 1.71. The van der Waals surface area contributed by atoms with Crippen LogP contribution < -0.4 is 10.1 Å². The van der Waals surface area contributed by atoms with Crippen LogP contribution in [0.25, 0.3) is 0 Å². The molecule has 1 saturated carbocycles. The van der Waals surface area contributed by atoms with E-state index in [0.29, 0.717) is 0 Å². The average Bonchev–Trinajstić information content (AvgIpc) is 3.12. The highest BCUT2D eigenvalue weighted by Crippen LogP contribution is 2.34. The summed E-state index contributed by atoms with van der Waals surface area (Å²) in [6.45, 7) is 2.66. The SMILES string of the molecule is COc1cccc(C2(CNC3CC3)COC2)c1. The van der Waals surface area contributed by atoms with E-state index in [9.17, 15) is 0 Å². The van der Waals surface area contributed by atoms with Crippen molar-refractivity contribution in [2.24, 2.45) is 0 Å². The van der Waals surface area contributed by atoms with Crippen molar-refractivity contribution < 1.29 is 9.47 Å². The van der Waals surface area contributed by atoms with Crippen molar-refractivity contribution >= 4 is 0 Å². The molecular formula is C14H19NO2. The lowest BCUT2D eigenvalue weighted by atomic mass is 9.78. The average molecular weight is 233 g/mol. The van der Waals surface area contributed by atoms with Crippen LogP contribution in [0.15, 0.2) is 24.3 Å². The zero-order chi connectivity index (χ0) is 11.7. The molecule has 0 atom stereocenters. The van der Waals surface area contributed by atoms with Crippen molar-refractivity contribution in [2.75, 3.05) is 26.9 Å². The van der Waals surface area contributed by atoms with Gasteiger partial charge in [0.05, 0.1) is 25.7 Å². The lowest BCUT2D eigenvalue weighted by Crippen LogP contribution is -2.53. The molecule has 1 saturated heterocycles. The molecule has 0 unspecified atom stereocenters. The predicted molar refractivity (Wildman–Crippen MR) is 66.5 cm³/mol. The van der Waals surface area contributed by atoms with Gasteiger partial charge in [0.1, 0.15) is 5.75 Å². The Bertz CT molecular complexity index is 397. The number of ether oxygens (including phenoxy) is 2. The molecule has 17 heavy (non-hydrogen) atoms. The molecule has 1 N–H and O–H groups in total. The highest BCUT2D eigenvalue weighted by molar-refractivity contribution is 5.36. The second kappa shape index (κ2) is 4.31. The molecule has 0 radical (unpaired) electrons. The van der Waals surface area contributed by atoms with Crippen LogP contribution in [-0.4, -0.2) is 32.9 Å². The van der Waals surface area contributed by atoms with Crippen LogP contribution in [0, 0.1) is 0 Å². The molecule has 0 bridgehead atoms. The molecule has 2 aliphatic rings. The van der Waals surface area contributed by atoms with Crippen LogP contribution in [0.2, 0.25) is 0 Å². The zero-order valence-corrected chi connectivity index (χ0v) is 10.2. The van der Waals surface area contributed by atoms with E-state index in [1.807, 2.05) is 6.07 Å². The second-order valence-electron chi connectivity index (χ2n) is 5.16. The molecule has 0 amide bonds. The minimum atomic E-state index is 0.164. The van der Waals surface area contributed by atoms with Crippen LogP contribution in [0.4, 0.5) is 0 Å². The third-order valence-corrected chi connectivity index (χ3v) is 3.75. The second-order valence-corrected chi connectivity index (χ2v) is 5.16. The maximum absolute atomic E-state index is 5.44. The number of benzene rings is 1. The van der Waals surface area contributed by atoms with Crippen molar-refractivity contribution in [2.45, 2.75) is 24.3 Å². The molecule has 3 heteroatoms. The smallest absolute Gasteiger partial charge is 0.119 e. The Hall–Kier alpha value is -1.06. The third kappa shape index (κ3) is 2.17. The van der Waals surface area contributed by atoms with Crippen molar-refractivity contribution in [3.63, 3.8) is 0 Å². The predicted octanol–water partition coefficient (Wildman–Crippen LogP) is 1.72. The molecule has 3 nitrogen and oxygen atoms in total. The summed E-state index contributed by atoms with van der Waals surface area (Å²) in [5, 5.41) is 3.61. The van der Waals surface area contributed by atoms with E-state index in [-0.39, 0.29) is 5.41 Å². The molecule has 1 heterocycles. The van der Waals surface area contributed by atoms with E-state index < -0.39 is 0 Å². The van der Waals surface area contributed by atoms with Crippen LogP contribution in [0.1, 0.15) is 18.4 Å². The molecule has 2 fully saturated rings. The first kappa shape index (κ1) is 11.1. The van der Waals surface area contributed by atoms with Gasteiger partial charge in [-0.3, -0.25) is 0 Å². The minimum absolute atomic E-state index is 0.164. The molecule has 1 aliphatic carbocycles. The van der Waals surface area contributed by atoms with Gasteiger partial charge < -0.3 is 14.8 Å². The molecule has 1 aliphatic heterocycles. The number of rotatable bonds is 5. The maximum atomic E-state index is 5.44. The summed E-state index contributed by atoms with van der Waals surface area (Å²) >= 11 is 0. The number of hydrogen-bond acceptors (Lipinski definition) is 3. The van der Waals surface area contributed by atoms with E-state index in [2.05, 4.69) is 23.5 Å². The van der Waals surface area contributed by atoms with Gasteiger partial charge in [-0.25, -0.2) is 0 Å². The molecular weight excluding hydrogens is 214 g/mol. The highest BCUT2D eigenvalue weighted by atomic mass is 16.5. The van der Waals surface area contributed by atoms with Gasteiger partial charge in [-0.2, -0.15) is 0 Å². The van der Waals surface area contributed by atoms with Crippen LogP contribution >= 0.6 is 0 Å².